The molecule has 0 aromatic carbocycles. The first-order valence-electron chi connectivity index (χ1n) is 5.89. The minimum absolute atomic E-state index is 0.293. The number of carbonyl (C=O) groups is 1. The molecule has 0 atom stereocenters. The van der Waals surface area contributed by atoms with Gasteiger partial charge in [0.15, 0.2) is 0 Å². The zero-order chi connectivity index (χ0) is 13.2. The summed E-state index contributed by atoms with van der Waals surface area (Å²) >= 11 is 3.26. The van der Waals surface area contributed by atoms with E-state index in [1.54, 1.807) is 12.1 Å². The first-order chi connectivity index (χ1) is 8.48. The van der Waals surface area contributed by atoms with Crippen molar-refractivity contribution < 1.29 is 9.90 Å². The quantitative estimate of drug-likeness (QED) is 0.749. The molecule has 6 heteroatoms. The fourth-order valence-electron chi connectivity index (χ4n) is 1.84. The second-order valence-electron chi connectivity index (χ2n) is 4.65. The van der Waals surface area contributed by atoms with E-state index < -0.39 is 5.60 Å². The molecule has 0 bridgehead atoms. The molecule has 0 aliphatic heterocycles. The highest BCUT2D eigenvalue weighted by Gasteiger charge is 2.34. The van der Waals surface area contributed by atoms with E-state index in [2.05, 4.69) is 31.5 Å². The number of hydrogen-bond acceptors (Lipinski definition) is 3. The minimum atomic E-state index is -0.704. The number of amides is 2. The van der Waals surface area contributed by atoms with Gasteiger partial charge >= 0.3 is 6.03 Å². The Morgan fingerprint density at radius 1 is 1.56 bits per heavy atom. The maximum atomic E-state index is 11.7. The van der Waals surface area contributed by atoms with Gasteiger partial charge in [-0.2, -0.15) is 0 Å². The summed E-state index contributed by atoms with van der Waals surface area (Å²) in [6.45, 7) is 2.11. The topological polar surface area (TPSA) is 74.2 Å². The molecule has 1 aliphatic rings. The minimum Gasteiger partial charge on any atom is -0.388 e. The standard InChI is InChI=1S/C12H16BrN3O2/c1-8-9(3-4-10(13)15-8)16-11(17)14-7-12(18)5-2-6-12/h3-4,18H,2,5-7H2,1H3,(H2,14,16,17). The summed E-state index contributed by atoms with van der Waals surface area (Å²) in [5.41, 5.74) is 0.697. The maximum Gasteiger partial charge on any atom is 0.319 e. The van der Waals surface area contributed by atoms with Crippen LogP contribution in [0.3, 0.4) is 0 Å². The molecule has 2 rings (SSSR count). The average molecular weight is 314 g/mol. The fraction of sp³-hybridized carbons (Fsp3) is 0.500. The highest BCUT2D eigenvalue weighted by Crippen LogP contribution is 2.30. The van der Waals surface area contributed by atoms with E-state index in [-0.39, 0.29) is 6.03 Å². The Kier molecular flexibility index (Phi) is 3.87. The van der Waals surface area contributed by atoms with Crippen LogP contribution >= 0.6 is 15.9 Å². The second-order valence-corrected chi connectivity index (χ2v) is 5.46. The first-order valence-corrected chi connectivity index (χ1v) is 6.68. The number of aryl methyl sites for hydroxylation is 1. The van der Waals surface area contributed by atoms with Crippen LogP contribution in [0.2, 0.25) is 0 Å². The molecule has 1 aromatic heterocycles. The van der Waals surface area contributed by atoms with Crippen molar-refractivity contribution in [3.63, 3.8) is 0 Å². The molecular formula is C12H16BrN3O2. The van der Waals surface area contributed by atoms with E-state index in [4.69, 9.17) is 0 Å². The van der Waals surface area contributed by atoms with Crippen molar-refractivity contribution in [3.8, 4) is 0 Å². The van der Waals surface area contributed by atoms with E-state index in [0.717, 1.165) is 29.6 Å². The summed E-state index contributed by atoms with van der Waals surface area (Å²) < 4.78 is 0.731. The van der Waals surface area contributed by atoms with Crippen LogP contribution in [0.4, 0.5) is 10.5 Å². The predicted octanol–water partition coefficient (Wildman–Crippen LogP) is 2.19. The van der Waals surface area contributed by atoms with Crippen LogP contribution in [0.15, 0.2) is 16.7 Å². The van der Waals surface area contributed by atoms with Gasteiger partial charge in [0, 0.05) is 6.54 Å². The molecule has 1 aromatic rings. The van der Waals surface area contributed by atoms with Crippen LogP contribution in [0, 0.1) is 6.92 Å². The van der Waals surface area contributed by atoms with Crippen LogP contribution in [0.1, 0.15) is 25.0 Å². The Hall–Kier alpha value is -1.14. The molecule has 1 fully saturated rings. The smallest absolute Gasteiger partial charge is 0.319 e. The molecule has 18 heavy (non-hydrogen) atoms. The van der Waals surface area contributed by atoms with E-state index in [0.29, 0.717) is 12.2 Å². The first kappa shape index (κ1) is 13.3. The Balaban J connectivity index is 1.87. The van der Waals surface area contributed by atoms with Crippen molar-refractivity contribution in [2.24, 2.45) is 0 Å². The third kappa shape index (κ3) is 3.20. The van der Waals surface area contributed by atoms with E-state index in [9.17, 15) is 9.90 Å². The number of rotatable bonds is 3. The van der Waals surface area contributed by atoms with Gasteiger partial charge in [0.2, 0.25) is 0 Å². The number of aliphatic hydroxyl groups is 1. The normalized spacial score (nSPS) is 16.8. The Morgan fingerprint density at radius 2 is 2.28 bits per heavy atom. The molecule has 5 nitrogen and oxygen atoms in total. The zero-order valence-electron chi connectivity index (χ0n) is 10.2. The maximum absolute atomic E-state index is 11.7. The van der Waals surface area contributed by atoms with E-state index >= 15 is 0 Å². The lowest BCUT2D eigenvalue weighted by atomic mass is 9.80. The van der Waals surface area contributed by atoms with Crippen LogP contribution in [-0.4, -0.2) is 28.3 Å². The highest BCUT2D eigenvalue weighted by atomic mass is 79.9. The van der Waals surface area contributed by atoms with Gasteiger partial charge in [0.1, 0.15) is 4.60 Å². The lowest BCUT2D eigenvalue weighted by Gasteiger charge is -2.36. The van der Waals surface area contributed by atoms with Gasteiger partial charge in [0.05, 0.1) is 17.0 Å². The van der Waals surface area contributed by atoms with Crippen LogP contribution in [0.25, 0.3) is 0 Å². The molecule has 1 saturated carbocycles. The van der Waals surface area contributed by atoms with Crippen molar-refractivity contribution in [3.05, 3.63) is 22.4 Å². The second kappa shape index (κ2) is 5.24. The number of urea groups is 1. The van der Waals surface area contributed by atoms with Crippen LogP contribution in [0.5, 0.6) is 0 Å². The summed E-state index contributed by atoms with van der Waals surface area (Å²) in [4.78, 5) is 15.9. The van der Waals surface area contributed by atoms with Gasteiger partial charge in [-0.05, 0) is 54.2 Å². The van der Waals surface area contributed by atoms with Crippen molar-refractivity contribution in [1.82, 2.24) is 10.3 Å². The lowest BCUT2D eigenvalue weighted by Crippen LogP contribution is -2.48. The number of hydrogen-bond donors (Lipinski definition) is 3. The molecule has 1 heterocycles. The predicted molar refractivity (Wildman–Crippen MR) is 72.5 cm³/mol. The van der Waals surface area contributed by atoms with Crippen molar-refractivity contribution in [2.45, 2.75) is 31.8 Å². The Morgan fingerprint density at radius 3 is 2.83 bits per heavy atom. The number of anilines is 1. The molecule has 1 aliphatic carbocycles. The van der Waals surface area contributed by atoms with Gasteiger partial charge < -0.3 is 15.7 Å². The van der Waals surface area contributed by atoms with Gasteiger partial charge in [-0.25, -0.2) is 9.78 Å². The molecule has 2 amide bonds. The summed E-state index contributed by atoms with van der Waals surface area (Å²) in [6.07, 6.45) is 2.54. The summed E-state index contributed by atoms with van der Waals surface area (Å²) in [6, 6.07) is 3.23. The van der Waals surface area contributed by atoms with Gasteiger partial charge in [-0.3, -0.25) is 0 Å². The monoisotopic (exact) mass is 313 g/mol. The third-order valence-electron chi connectivity index (χ3n) is 3.16. The zero-order valence-corrected chi connectivity index (χ0v) is 11.7. The van der Waals surface area contributed by atoms with Crippen molar-refractivity contribution in [1.29, 1.82) is 0 Å². The molecule has 0 spiro atoms. The number of pyridine rings is 1. The summed E-state index contributed by atoms with van der Waals surface area (Å²) in [5, 5.41) is 15.2. The molecule has 98 valence electrons. The van der Waals surface area contributed by atoms with Crippen LogP contribution < -0.4 is 10.6 Å². The lowest BCUT2D eigenvalue weighted by molar-refractivity contribution is -0.0287. The number of nitrogens with zero attached hydrogens (tertiary/aromatic N) is 1. The number of halogens is 1. The Bertz CT molecular complexity index is 461. The fourth-order valence-corrected chi connectivity index (χ4v) is 2.23. The van der Waals surface area contributed by atoms with Crippen LogP contribution in [-0.2, 0) is 0 Å². The largest absolute Gasteiger partial charge is 0.388 e. The summed E-state index contributed by atoms with van der Waals surface area (Å²) in [5.74, 6) is 0. The van der Waals surface area contributed by atoms with E-state index in [1.165, 1.54) is 0 Å². The molecule has 0 saturated heterocycles. The van der Waals surface area contributed by atoms with Gasteiger partial charge in [-0.15, -0.1) is 0 Å². The van der Waals surface area contributed by atoms with Gasteiger partial charge in [-0.1, -0.05) is 0 Å². The third-order valence-corrected chi connectivity index (χ3v) is 3.60. The SMILES string of the molecule is Cc1nc(Br)ccc1NC(=O)NCC1(O)CCC1. The Labute approximate surface area is 114 Å². The van der Waals surface area contributed by atoms with Gasteiger partial charge in [0.25, 0.3) is 0 Å². The average Bonchev–Trinajstić information content (AvgIpc) is 2.28. The number of aromatic nitrogens is 1. The number of nitrogens with one attached hydrogen (secondary N) is 2. The molecular weight excluding hydrogens is 298 g/mol. The van der Waals surface area contributed by atoms with Crippen molar-refractivity contribution in [2.75, 3.05) is 11.9 Å². The van der Waals surface area contributed by atoms with Crippen molar-refractivity contribution >= 4 is 27.6 Å². The summed E-state index contributed by atoms with van der Waals surface area (Å²) in [7, 11) is 0. The molecule has 0 radical (unpaired) electrons. The number of carbonyl (C=O) groups excluding carboxylic acids is 1. The van der Waals surface area contributed by atoms with E-state index in [1.807, 2.05) is 6.92 Å². The molecule has 0 unspecified atom stereocenters. The highest BCUT2D eigenvalue weighted by molar-refractivity contribution is 9.10. The molecule has 3 N–H and O–H groups in total.